The molecule has 0 atom stereocenters. The van der Waals surface area contributed by atoms with Crippen molar-refractivity contribution in [3.63, 3.8) is 0 Å². The lowest BCUT2D eigenvalue weighted by atomic mass is 9.86. The molecule has 4 rings (SSSR count). The summed E-state index contributed by atoms with van der Waals surface area (Å²) < 4.78 is 0.980. The molecule has 104 valence electrons. The molecule has 0 aromatic carbocycles. The van der Waals surface area contributed by atoms with Crippen LogP contribution in [0.25, 0.3) is 0 Å². The molecule has 19 heavy (non-hydrogen) atoms. The summed E-state index contributed by atoms with van der Waals surface area (Å²) in [5.41, 5.74) is 0. The van der Waals surface area contributed by atoms with Crippen LogP contribution in [0.1, 0.15) is 19.3 Å². The average molecular weight is 327 g/mol. The third-order valence-corrected chi connectivity index (χ3v) is 4.36. The van der Waals surface area contributed by atoms with Gasteiger partial charge in [0.15, 0.2) is 6.54 Å². The summed E-state index contributed by atoms with van der Waals surface area (Å²) in [6.45, 7) is 4.10. The number of fused-ring (bicyclic) bond motifs is 3. The van der Waals surface area contributed by atoms with Crippen molar-refractivity contribution in [3.05, 3.63) is 18.6 Å². The van der Waals surface area contributed by atoms with Gasteiger partial charge in [-0.15, -0.1) is 0 Å². The van der Waals surface area contributed by atoms with Crippen molar-refractivity contribution in [1.82, 2.24) is 9.97 Å². The maximum atomic E-state index is 12.1. The predicted octanol–water partition coefficient (Wildman–Crippen LogP) is -1.95. The van der Waals surface area contributed by atoms with Gasteiger partial charge in [-0.25, -0.2) is 9.97 Å². The number of carbonyl (C=O) groups is 1. The molecular formula is C13H19BrN4O. The first-order valence-electron chi connectivity index (χ1n) is 6.67. The van der Waals surface area contributed by atoms with E-state index in [0.717, 1.165) is 10.4 Å². The number of quaternary nitrogens is 1. The van der Waals surface area contributed by atoms with Crippen LogP contribution in [0.4, 0.5) is 5.82 Å². The molecule has 5 nitrogen and oxygen atoms in total. The number of rotatable bonds is 3. The fourth-order valence-corrected chi connectivity index (χ4v) is 3.23. The van der Waals surface area contributed by atoms with Crippen LogP contribution >= 0.6 is 0 Å². The first kappa shape index (κ1) is 14.4. The monoisotopic (exact) mass is 326 g/mol. The minimum atomic E-state index is 0. The second kappa shape index (κ2) is 5.96. The quantitative estimate of drug-likeness (QED) is 0.657. The van der Waals surface area contributed by atoms with Gasteiger partial charge in [0, 0.05) is 6.20 Å². The van der Waals surface area contributed by atoms with E-state index in [-0.39, 0.29) is 22.9 Å². The van der Waals surface area contributed by atoms with Gasteiger partial charge in [0.05, 0.1) is 19.6 Å². The molecule has 3 aliphatic rings. The second-order valence-corrected chi connectivity index (χ2v) is 5.55. The van der Waals surface area contributed by atoms with Gasteiger partial charge in [0.2, 0.25) is 0 Å². The molecule has 3 saturated heterocycles. The Balaban J connectivity index is 0.00000133. The Kier molecular flexibility index (Phi) is 4.52. The fraction of sp³-hybridized carbons (Fsp3) is 0.615. The number of carbonyl (C=O) groups excluding carboxylic acids is 1. The molecule has 0 spiro atoms. The zero-order chi connectivity index (χ0) is 12.4. The summed E-state index contributed by atoms with van der Waals surface area (Å²) in [5, 5.41) is 2.86. The zero-order valence-corrected chi connectivity index (χ0v) is 12.5. The molecule has 3 aliphatic heterocycles. The van der Waals surface area contributed by atoms with Crippen LogP contribution in [0, 0.1) is 5.92 Å². The molecule has 1 aromatic rings. The van der Waals surface area contributed by atoms with Gasteiger partial charge < -0.3 is 26.8 Å². The van der Waals surface area contributed by atoms with E-state index >= 15 is 0 Å². The highest BCUT2D eigenvalue weighted by atomic mass is 79.9. The van der Waals surface area contributed by atoms with E-state index in [1.54, 1.807) is 12.3 Å². The number of amides is 1. The topological polar surface area (TPSA) is 54.9 Å². The number of hydrogen-bond donors (Lipinski definition) is 1. The maximum absolute atomic E-state index is 12.1. The molecule has 0 saturated carbocycles. The third-order valence-electron chi connectivity index (χ3n) is 4.36. The van der Waals surface area contributed by atoms with Gasteiger partial charge in [-0.1, -0.05) is 0 Å². The molecular weight excluding hydrogens is 308 g/mol. The van der Waals surface area contributed by atoms with Crippen molar-refractivity contribution < 1.29 is 26.3 Å². The molecule has 1 N–H and O–H groups in total. The third kappa shape index (κ3) is 3.30. The van der Waals surface area contributed by atoms with Crippen molar-refractivity contribution in [2.75, 3.05) is 31.5 Å². The van der Waals surface area contributed by atoms with E-state index in [1.165, 1.54) is 45.2 Å². The zero-order valence-electron chi connectivity index (χ0n) is 10.9. The van der Waals surface area contributed by atoms with Crippen molar-refractivity contribution in [2.45, 2.75) is 19.3 Å². The standard InChI is InChI=1S/C13H18N4O.BrH/c18-13(16-12-1-5-14-10-15-12)9-17-6-2-11(3-7-17)4-8-17;/h1,5,10-11H,2-4,6-9H2;1H. The number of halogens is 1. The highest BCUT2D eigenvalue weighted by molar-refractivity contribution is 5.90. The molecule has 1 aromatic heterocycles. The smallest absolute Gasteiger partial charge is 0.280 e. The van der Waals surface area contributed by atoms with Crippen LogP contribution in [-0.4, -0.2) is 46.5 Å². The SMILES string of the molecule is O=C(C[N+]12CCC(CC1)CC2)Nc1ccncn1.[Br-]. The largest absolute Gasteiger partial charge is 1.00 e. The minimum absolute atomic E-state index is 0. The lowest BCUT2D eigenvalue weighted by molar-refractivity contribution is -0.935. The fourth-order valence-electron chi connectivity index (χ4n) is 3.23. The molecule has 6 heteroatoms. The molecule has 4 heterocycles. The average Bonchev–Trinajstić information content (AvgIpc) is 2.41. The number of hydrogen-bond acceptors (Lipinski definition) is 3. The van der Waals surface area contributed by atoms with E-state index in [4.69, 9.17) is 0 Å². The molecule has 0 radical (unpaired) electrons. The van der Waals surface area contributed by atoms with Gasteiger partial charge in [-0.2, -0.15) is 0 Å². The second-order valence-electron chi connectivity index (χ2n) is 5.55. The highest BCUT2D eigenvalue weighted by Crippen LogP contribution is 2.33. The predicted molar refractivity (Wildman–Crippen MR) is 67.7 cm³/mol. The lowest BCUT2D eigenvalue weighted by Crippen LogP contribution is -3.00. The number of nitrogens with one attached hydrogen (secondary N) is 1. The van der Waals surface area contributed by atoms with E-state index in [1.807, 2.05) is 0 Å². The van der Waals surface area contributed by atoms with Gasteiger partial charge >= 0.3 is 0 Å². The number of nitrogens with zero attached hydrogens (tertiary/aromatic N) is 3. The van der Waals surface area contributed by atoms with E-state index in [2.05, 4.69) is 15.3 Å². The Morgan fingerprint density at radius 1 is 1.32 bits per heavy atom. The normalized spacial score (nSPS) is 28.5. The Labute approximate surface area is 123 Å². The van der Waals surface area contributed by atoms with Gasteiger partial charge in [0.1, 0.15) is 12.1 Å². The highest BCUT2D eigenvalue weighted by Gasteiger charge is 2.40. The van der Waals surface area contributed by atoms with Crippen LogP contribution in [0.15, 0.2) is 18.6 Å². The van der Waals surface area contributed by atoms with Crippen molar-refractivity contribution in [3.8, 4) is 0 Å². The molecule has 0 aliphatic carbocycles. The van der Waals surface area contributed by atoms with Crippen molar-refractivity contribution >= 4 is 11.7 Å². The van der Waals surface area contributed by atoms with E-state index in [9.17, 15) is 4.79 Å². The summed E-state index contributed by atoms with van der Waals surface area (Å²) >= 11 is 0. The number of aromatic nitrogens is 2. The van der Waals surface area contributed by atoms with Crippen LogP contribution in [0.5, 0.6) is 0 Å². The van der Waals surface area contributed by atoms with Crippen molar-refractivity contribution in [1.29, 1.82) is 0 Å². The first-order chi connectivity index (χ1) is 8.76. The Morgan fingerprint density at radius 2 is 2.00 bits per heavy atom. The van der Waals surface area contributed by atoms with Crippen LogP contribution < -0.4 is 22.3 Å². The van der Waals surface area contributed by atoms with Crippen molar-refractivity contribution in [2.24, 2.45) is 5.92 Å². The first-order valence-corrected chi connectivity index (χ1v) is 6.67. The summed E-state index contributed by atoms with van der Waals surface area (Å²) in [7, 11) is 0. The Morgan fingerprint density at radius 3 is 2.58 bits per heavy atom. The molecule has 0 unspecified atom stereocenters. The lowest BCUT2D eigenvalue weighted by Gasteiger charge is -2.48. The number of anilines is 1. The van der Waals surface area contributed by atoms with E-state index < -0.39 is 0 Å². The van der Waals surface area contributed by atoms with Crippen LogP contribution in [-0.2, 0) is 4.79 Å². The Hall–Kier alpha value is -1.01. The summed E-state index contributed by atoms with van der Waals surface area (Å²) in [4.78, 5) is 19.9. The van der Waals surface area contributed by atoms with Gasteiger partial charge in [0.25, 0.3) is 5.91 Å². The number of piperidine rings is 3. The maximum Gasteiger partial charge on any atom is 0.280 e. The van der Waals surface area contributed by atoms with E-state index in [0.29, 0.717) is 12.4 Å². The Bertz CT molecular complexity index is 418. The van der Waals surface area contributed by atoms with Gasteiger partial charge in [-0.3, -0.25) is 4.79 Å². The summed E-state index contributed by atoms with van der Waals surface area (Å²) in [5.74, 6) is 1.60. The minimum Gasteiger partial charge on any atom is -1.00 e. The summed E-state index contributed by atoms with van der Waals surface area (Å²) in [6, 6.07) is 1.72. The molecule has 3 fully saturated rings. The summed E-state index contributed by atoms with van der Waals surface area (Å²) in [6.07, 6.45) is 6.97. The van der Waals surface area contributed by atoms with Crippen LogP contribution in [0.2, 0.25) is 0 Å². The molecule has 2 bridgehead atoms. The van der Waals surface area contributed by atoms with Crippen LogP contribution in [0.3, 0.4) is 0 Å². The van der Waals surface area contributed by atoms with Gasteiger partial charge in [-0.05, 0) is 31.2 Å². The molecule has 1 amide bonds.